The minimum absolute atomic E-state index is 1.02. The molecule has 0 aliphatic carbocycles. The van der Waals surface area contributed by atoms with Crippen LogP contribution in [0.5, 0.6) is 0 Å². The van der Waals surface area contributed by atoms with Gasteiger partial charge in [-0.05, 0) is 19.8 Å². The summed E-state index contributed by atoms with van der Waals surface area (Å²) >= 11 is 0. The fraction of sp³-hybridized carbons (Fsp3) is 0.600. The molecule has 2 heteroatoms. The molecule has 66 valence electrons. The molecule has 1 aromatic rings. The van der Waals surface area contributed by atoms with Crippen LogP contribution in [0.1, 0.15) is 37.6 Å². The molecule has 0 amide bonds. The Labute approximate surface area is 74.1 Å². The van der Waals surface area contributed by atoms with Gasteiger partial charge in [-0.3, -0.25) is 9.97 Å². The van der Waals surface area contributed by atoms with Gasteiger partial charge < -0.3 is 0 Å². The van der Waals surface area contributed by atoms with Crippen molar-refractivity contribution in [1.82, 2.24) is 9.97 Å². The summed E-state index contributed by atoms with van der Waals surface area (Å²) in [7, 11) is 0. The van der Waals surface area contributed by atoms with Crippen LogP contribution in [0.25, 0.3) is 0 Å². The molecular formula is C10H16N2. The zero-order chi connectivity index (χ0) is 8.81. The average molecular weight is 164 g/mol. The Morgan fingerprint density at radius 1 is 1.25 bits per heavy atom. The molecule has 0 fully saturated rings. The van der Waals surface area contributed by atoms with Gasteiger partial charge in [0.2, 0.25) is 0 Å². The Bertz CT molecular complexity index is 233. The van der Waals surface area contributed by atoms with Gasteiger partial charge in [-0.1, -0.05) is 19.8 Å². The van der Waals surface area contributed by atoms with Gasteiger partial charge in [0, 0.05) is 12.4 Å². The van der Waals surface area contributed by atoms with E-state index in [9.17, 15) is 0 Å². The van der Waals surface area contributed by atoms with Crippen LogP contribution < -0.4 is 0 Å². The van der Waals surface area contributed by atoms with E-state index in [-0.39, 0.29) is 0 Å². The Morgan fingerprint density at radius 3 is 2.75 bits per heavy atom. The van der Waals surface area contributed by atoms with E-state index in [1.807, 2.05) is 13.1 Å². The van der Waals surface area contributed by atoms with E-state index in [1.54, 1.807) is 6.20 Å². The molecular weight excluding hydrogens is 148 g/mol. The van der Waals surface area contributed by atoms with Crippen molar-refractivity contribution in [3.05, 3.63) is 23.8 Å². The number of aryl methyl sites for hydroxylation is 2. The first kappa shape index (κ1) is 9.17. The highest BCUT2D eigenvalue weighted by Crippen LogP contribution is 2.02. The average Bonchev–Trinajstić information content (AvgIpc) is 2.05. The van der Waals surface area contributed by atoms with E-state index in [0.717, 1.165) is 17.8 Å². The molecule has 0 aliphatic rings. The lowest BCUT2D eigenvalue weighted by molar-refractivity contribution is 0.703. The largest absolute Gasteiger partial charge is 0.261 e. The summed E-state index contributed by atoms with van der Waals surface area (Å²) in [6, 6.07) is 0. The summed E-state index contributed by atoms with van der Waals surface area (Å²) in [5.74, 6) is 0. The number of aromatic nitrogens is 2. The van der Waals surface area contributed by atoms with Crippen molar-refractivity contribution >= 4 is 0 Å². The second-order valence-electron chi connectivity index (χ2n) is 3.11. The first-order chi connectivity index (χ1) is 5.83. The van der Waals surface area contributed by atoms with Crippen LogP contribution in [-0.4, -0.2) is 9.97 Å². The van der Waals surface area contributed by atoms with Crippen LogP contribution in [0.2, 0.25) is 0 Å². The lowest BCUT2D eigenvalue weighted by Crippen LogP contribution is -1.93. The van der Waals surface area contributed by atoms with Crippen LogP contribution >= 0.6 is 0 Å². The molecule has 0 saturated heterocycles. The van der Waals surface area contributed by atoms with Gasteiger partial charge in [0.1, 0.15) is 0 Å². The van der Waals surface area contributed by atoms with E-state index in [4.69, 9.17) is 0 Å². The van der Waals surface area contributed by atoms with E-state index in [1.165, 1.54) is 19.3 Å². The highest BCUT2D eigenvalue weighted by Gasteiger charge is 1.94. The molecule has 0 aliphatic heterocycles. The number of unbranched alkanes of at least 4 members (excludes halogenated alkanes) is 2. The van der Waals surface area contributed by atoms with Crippen molar-refractivity contribution in [3.63, 3.8) is 0 Å². The first-order valence-electron chi connectivity index (χ1n) is 4.60. The van der Waals surface area contributed by atoms with Gasteiger partial charge in [-0.2, -0.15) is 0 Å². The molecule has 12 heavy (non-hydrogen) atoms. The Morgan fingerprint density at radius 2 is 2.08 bits per heavy atom. The highest BCUT2D eigenvalue weighted by molar-refractivity contribution is 5.01. The smallest absolute Gasteiger partial charge is 0.0589 e. The van der Waals surface area contributed by atoms with Crippen LogP contribution in [0.15, 0.2) is 12.4 Å². The van der Waals surface area contributed by atoms with E-state index in [2.05, 4.69) is 16.9 Å². The number of hydrogen-bond donors (Lipinski definition) is 0. The molecule has 0 N–H and O–H groups in total. The Hall–Kier alpha value is -0.920. The fourth-order valence-electron chi connectivity index (χ4n) is 1.19. The maximum absolute atomic E-state index is 4.38. The van der Waals surface area contributed by atoms with Crippen LogP contribution in [0.3, 0.4) is 0 Å². The molecule has 0 radical (unpaired) electrons. The normalized spacial score (nSPS) is 10.2. The minimum atomic E-state index is 1.02. The van der Waals surface area contributed by atoms with Gasteiger partial charge in [0.25, 0.3) is 0 Å². The number of hydrogen-bond acceptors (Lipinski definition) is 2. The number of nitrogens with zero attached hydrogens (tertiary/aromatic N) is 2. The topological polar surface area (TPSA) is 25.8 Å². The Kier molecular flexibility index (Phi) is 3.71. The monoisotopic (exact) mass is 164 g/mol. The molecule has 0 spiro atoms. The van der Waals surface area contributed by atoms with Crippen molar-refractivity contribution in [2.75, 3.05) is 0 Å². The van der Waals surface area contributed by atoms with Crippen molar-refractivity contribution < 1.29 is 0 Å². The lowest BCUT2D eigenvalue weighted by Gasteiger charge is -1.99. The SMILES string of the molecule is CCCCCc1cncc(C)n1. The summed E-state index contributed by atoms with van der Waals surface area (Å²) in [5.41, 5.74) is 2.15. The van der Waals surface area contributed by atoms with Crippen molar-refractivity contribution in [3.8, 4) is 0 Å². The fourth-order valence-corrected chi connectivity index (χ4v) is 1.19. The molecule has 0 atom stereocenters. The van der Waals surface area contributed by atoms with E-state index < -0.39 is 0 Å². The molecule has 0 unspecified atom stereocenters. The van der Waals surface area contributed by atoms with Crippen molar-refractivity contribution in [2.24, 2.45) is 0 Å². The summed E-state index contributed by atoms with van der Waals surface area (Å²) in [4.78, 5) is 8.48. The van der Waals surface area contributed by atoms with Gasteiger partial charge in [-0.15, -0.1) is 0 Å². The quantitative estimate of drug-likeness (QED) is 0.639. The minimum Gasteiger partial charge on any atom is -0.261 e. The van der Waals surface area contributed by atoms with Gasteiger partial charge in [0.15, 0.2) is 0 Å². The molecule has 2 nitrogen and oxygen atoms in total. The van der Waals surface area contributed by atoms with Crippen LogP contribution in [0.4, 0.5) is 0 Å². The molecule has 0 aromatic carbocycles. The predicted octanol–water partition coefficient (Wildman–Crippen LogP) is 2.52. The molecule has 1 heterocycles. The third-order valence-electron chi connectivity index (χ3n) is 1.84. The lowest BCUT2D eigenvalue weighted by atomic mass is 10.2. The molecule has 0 bridgehead atoms. The summed E-state index contributed by atoms with van der Waals surface area (Å²) in [5, 5.41) is 0. The second kappa shape index (κ2) is 4.86. The third kappa shape index (κ3) is 2.99. The summed E-state index contributed by atoms with van der Waals surface area (Å²) in [6.07, 6.45) is 8.51. The third-order valence-corrected chi connectivity index (χ3v) is 1.84. The zero-order valence-corrected chi connectivity index (χ0v) is 7.88. The maximum atomic E-state index is 4.38. The maximum Gasteiger partial charge on any atom is 0.0589 e. The summed E-state index contributed by atoms with van der Waals surface area (Å²) in [6.45, 7) is 4.19. The second-order valence-corrected chi connectivity index (χ2v) is 3.11. The predicted molar refractivity (Wildman–Crippen MR) is 50.0 cm³/mol. The van der Waals surface area contributed by atoms with Gasteiger partial charge >= 0.3 is 0 Å². The molecule has 0 saturated carbocycles. The summed E-state index contributed by atoms with van der Waals surface area (Å²) < 4.78 is 0. The molecule has 1 aromatic heterocycles. The standard InChI is InChI=1S/C10H16N2/c1-3-4-5-6-10-8-11-7-9(2)12-10/h7-8H,3-6H2,1-2H3. The van der Waals surface area contributed by atoms with Crippen molar-refractivity contribution in [1.29, 1.82) is 0 Å². The first-order valence-corrected chi connectivity index (χ1v) is 4.60. The van der Waals surface area contributed by atoms with Crippen molar-refractivity contribution in [2.45, 2.75) is 39.5 Å². The van der Waals surface area contributed by atoms with Crippen LogP contribution in [0, 0.1) is 6.92 Å². The van der Waals surface area contributed by atoms with Gasteiger partial charge in [-0.25, -0.2) is 0 Å². The van der Waals surface area contributed by atoms with E-state index >= 15 is 0 Å². The van der Waals surface area contributed by atoms with Gasteiger partial charge in [0.05, 0.1) is 11.4 Å². The zero-order valence-electron chi connectivity index (χ0n) is 7.88. The number of rotatable bonds is 4. The van der Waals surface area contributed by atoms with Crippen LogP contribution in [-0.2, 0) is 6.42 Å². The molecule has 1 rings (SSSR count). The Balaban J connectivity index is 2.41. The highest BCUT2D eigenvalue weighted by atomic mass is 14.8. The van der Waals surface area contributed by atoms with E-state index in [0.29, 0.717) is 0 Å².